The van der Waals surface area contributed by atoms with E-state index >= 15 is 0 Å². The average molecular weight is 342 g/mol. The van der Waals surface area contributed by atoms with E-state index in [2.05, 4.69) is 10.6 Å². The number of benzene rings is 1. The number of anilines is 1. The van der Waals surface area contributed by atoms with Crippen LogP contribution in [0.15, 0.2) is 18.2 Å². The van der Waals surface area contributed by atoms with Gasteiger partial charge in [-0.1, -0.05) is 11.6 Å². The maximum atomic E-state index is 12.1. The van der Waals surface area contributed by atoms with Crippen LogP contribution >= 0.6 is 23.4 Å². The number of amides is 2. The molecule has 1 aromatic rings. The minimum absolute atomic E-state index is 0.213. The van der Waals surface area contributed by atoms with Crippen LogP contribution in [0.1, 0.15) is 29.6 Å². The zero-order valence-electron chi connectivity index (χ0n) is 12.4. The Morgan fingerprint density at radius 1 is 1.45 bits per heavy atom. The monoisotopic (exact) mass is 341 g/mol. The lowest BCUT2D eigenvalue weighted by Crippen LogP contribution is -2.36. The lowest BCUT2D eigenvalue weighted by molar-refractivity contribution is -0.117. The molecule has 120 valence electrons. The molecule has 0 unspecified atom stereocenters. The van der Waals surface area contributed by atoms with Gasteiger partial charge in [-0.15, -0.1) is 0 Å². The van der Waals surface area contributed by atoms with Gasteiger partial charge in [-0.05, 0) is 49.5 Å². The first-order valence-electron chi connectivity index (χ1n) is 7.17. The van der Waals surface area contributed by atoms with Crippen molar-refractivity contribution >= 4 is 40.9 Å². The fraction of sp³-hybridized carbons (Fsp3) is 0.467. The third-order valence-corrected chi connectivity index (χ3v) is 4.33. The van der Waals surface area contributed by atoms with Crippen LogP contribution in [0.2, 0.25) is 5.02 Å². The van der Waals surface area contributed by atoms with Crippen LogP contribution in [-0.4, -0.2) is 35.9 Å². The molecule has 0 bridgehead atoms. The van der Waals surface area contributed by atoms with Gasteiger partial charge in [0.1, 0.15) is 0 Å². The Morgan fingerprint density at radius 3 is 2.82 bits per heavy atom. The average Bonchev–Trinajstić information content (AvgIpc) is 3.30. The summed E-state index contributed by atoms with van der Waals surface area (Å²) >= 11 is 7.70. The van der Waals surface area contributed by atoms with Gasteiger partial charge < -0.3 is 16.4 Å². The highest BCUT2D eigenvalue weighted by atomic mass is 35.5. The third-order valence-electron chi connectivity index (χ3n) is 3.36. The minimum atomic E-state index is -0.563. The Hall–Kier alpha value is -1.24. The summed E-state index contributed by atoms with van der Waals surface area (Å²) in [5.41, 5.74) is 6.71. The van der Waals surface area contributed by atoms with Crippen LogP contribution in [0, 0.1) is 0 Å². The van der Waals surface area contributed by atoms with Crippen molar-refractivity contribution in [1.82, 2.24) is 5.32 Å². The van der Waals surface area contributed by atoms with Crippen molar-refractivity contribution in [2.24, 2.45) is 5.73 Å². The smallest absolute Gasteiger partial charge is 0.253 e. The van der Waals surface area contributed by atoms with Gasteiger partial charge in [0, 0.05) is 11.7 Å². The van der Waals surface area contributed by atoms with E-state index in [-0.39, 0.29) is 17.9 Å². The number of halogens is 1. The molecule has 2 amide bonds. The van der Waals surface area contributed by atoms with Crippen LogP contribution in [0.4, 0.5) is 5.69 Å². The molecule has 22 heavy (non-hydrogen) atoms. The fourth-order valence-corrected chi connectivity index (χ4v) is 2.57. The molecule has 1 fully saturated rings. The molecule has 0 aromatic heterocycles. The van der Waals surface area contributed by atoms with Crippen LogP contribution in [0.5, 0.6) is 0 Å². The van der Waals surface area contributed by atoms with E-state index in [1.165, 1.54) is 0 Å². The van der Waals surface area contributed by atoms with Crippen LogP contribution < -0.4 is 16.4 Å². The van der Waals surface area contributed by atoms with Crippen molar-refractivity contribution in [3.8, 4) is 0 Å². The predicted molar refractivity (Wildman–Crippen MR) is 91.5 cm³/mol. The first-order valence-corrected chi connectivity index (χ1v) is 8.94. The SMILES string of the molecule is CSCC[C@H](N)C(=O)Nc1ccc(Cl)c(C(=O)NC2CC2)c1. The maximum absolute atomic E-state index is 12.1. The Kier molecular flexibility index (Phi) is 6.11. The van der Waals surface area contributed by atoms with E-state index in [1.54, 1.807) is 30.0 Å². The molecule has 0 saturated heterocycles. The molecule has 2 rings (SSSR count). The highest BCUT2D eigenvalue weighted by Crippen LogP contribution is 2.24. The second-order valence-electron chi connectivity index (χ2n) is 5.32. The minimum Gasteiger partial charge on any atom is -0.349 e. The molecule has 0 aliphatic heterocycles. The summed E-state index contributed by atoms with van der Waals surface area (Å²) < 4.78 is 0. The van der Waals surface area contributed by atoms with Gasteiger partial charge >= 0.3 is 0 Å². The molecular weight excluding hydrogens is 322 g/mol. The number of thioether (sulfide) groups is 1. The second kappa shape index (κ2) is 7.85. The number of hydrogen-bond donors (Lipinski definition) is 3. The van der Waals surface area contributed by atoms with E-state index in [1.807, 2.05) is 6.26 Å². The van der Waals surface area contributed by atoms with Gasteiger partial charge in [0.15, 0.2) is 0 Å². The Bertz CT molecular complexity index is 564. The molecule has 0 heterocycles. The first-order chi connectivity index (χ1) is 10.5. The van der Waals surface area contributed by atoms with Crippen molar-refractivity contribution in [2.75, 3.05) is 17.3 Å². The largest absolute Gasteiger partial charge is 0.349 e. The number of rotatable bonds is 7. The Labute approximate surface area is 139 Å². The highest BCUT2D eigenvalue weighted by Gasteiger charge is 2.25. The number of hydrogen-bond acceptors (Lipinski definition) is 4. The second-order valence-corrected chi connectivity index (χ2v) is 6.71. The van der Waals surface area contributed by atoms with Crippen molar-refractivity contribution in [3.05, 3.63) is 28.8 Å². The van der Waals surface area contributed by atoms with Gasteiger partial charge in [-0.25, -0.2) is 0 Å². The zero-order valence-corrected chi connectivity index (χ0v) is 14.0. The molecule has 5 nitrogen and oxygen atoms in total. The van der Waals surface area contributed by atoms with Crippen molar-refractivity contribution in [2.45, 2.75) is 31.3 Å². The van der Waals surface area contributed by atoms with Crippen molar-refractivity contribution in [1.29, 1.82) is 0 Å². The van der Waals surface area contributed by atoms with Gasteiger partial charge in [0.25, 0.3) is 5.91 Å². The van der Waals surface area contributed by atoms with Crippen molar-refractivity contribution in [3.63, 3.8) is 0 Å². The number of carbonyl (C=O) groups excluding carboxylic acids is 2. The Balaban J connectivity index is 2.01. The number of carbonyl (C=O) groups is 2. The quantitative estimate of drug-likeness (QED) is 0.710. The summed E-state index contributed by atoms with van der Waals surface area (Å²) in [5, 5.41) is 5.97. The molecule has 1 aromatic carbocycles. The molecule has 0 radical (unpaired) electrons. The Morgan fingerprint density at radius 2 is 2.18 bits per heavy atom. The third kappa shape index (κ3) is 4.90. The standard InChI is InChI=1S/C15H20ClN3O2S/c1-22-7-6-13(17)15(21)19-10-4-5-12(16)11(8-10)14(20)18-9-2-3-9/h4-5,8-9,13H,2-3,6-7,17H2,1H3,(H,18,20)(H,19,21)/t13-/m0/s1. The highest BCUT2D eigenvalue weighted by molar-refractivity contribution is 7.98. The maximum Gasteiger partial charge on any atom is 0.253 e. The predicted octanol–water partition coefficient (Wildman–Crippen LogP) is 2.25. The van der Waals surface area contributed by atoms with E-state index in [4.69, 9.17) is 17.3 Å². The molecule has 1 saturated carbocycles. The summed E-state index contributed by atoms with van der Waals surface area (Å²) in [7, 11) is 0. The molecule has 1 aliphatic carbocycles. The van der Waals surface area contributed by atoms with Gasteiger partial charge in [0.05, 0.1) is 16.6 Å². The molecule has 1 aliphatic rings. The number of nitrogens with one attached hydrogen (secondary N) is 2. The summed E-state index contributed by atoms with van der Waals surface area (Å²) in [6.45, 7) is 0. The van der Waals surface area contributed by atoms with Crippen LogP contribution in [0.3, 0.4) is 0 Å². The van der Waals surface area contributed by atoms with E-state index in [9.17, 15) is 9.59 Å². The normalized spacial score (nSPS) is 15.2. The lowest BCUT2D eigenvalue weighted by atomic mass is 10.1. The summed E-state index contributed by atoms with van der Waals surface area (Å²) in [4.78, 5) is 24.1. The van der Waals surface area contributed by atoms with Crippen LogP contribution in [-0.2, 0) is 4.79 Å². The van der Waals surface area contributed by atoms with Gasteiger partial charge in [-0.2, -0.15) is 11.8 Å². The zero-order chi connectivity index (χ0) is 16.1. The molecule has 1 atom stereocenters. The van der Waals surface area contributed by atoms with Crippen molar-refractivity contribution < 1.29 is 9.59 Å². The van der Waals surface area contributed by atoms with E-state index in [0.29, 0.717) is 22.7 Å². The van der Waals surface area contributed by atoms with Gasteiger partial charge in [0.2, 0.25) is 5.91 Å². The summed E-state index contributed by atoms with van der Waals surface area (Å²) in [6.07, 6.45) is 4.58. The molecule has 0 spiro atoms. The fourth-order valence-electron chi connectivity index (χ4n) is 1.88. The molecule has 4 N–H and O–H groups in total. The van der Waals surface area contributed by atoms with Gasteiger partial charge in [-0.3, -0.25) is 9.59 Å². The lowest BCUT2D eigenvalue weighted by Gasteiger charge is -2.13. The summed E-state index contributed by atoms with van der Waals surface area (Å²) in [6, 6.07) is 4.54. The van der Waals surface area contributed by atoms with E-state index in [0.717, 1.165) is 18.6 Å². The molecule has 7 heteroatoms. The molecular formula is C15H20ClN3O2S. The number of nitrogens with two attached hydrogens (primary N) is 1. The topological polar surface area (TPSA) is 84.2 Å². The van der Waals surface area contributed by atoms with Crippen LogP contribution in [0.25, 0.3) is 0 Å². The summed E-state index contributed by atoms with van der Waals surface area (Å²) in [5.74, 6) is 0.352. The van der Waals surface area contributed by atoms with E-state index < -0.39 is 6.04 Å². The first kappa shape index (κ1) is 17.1.